The second-order valence-electron chi connectivity index (χ2n) is 5.22. The van der Waals surface area contributed by atoms with Crippen LogP contribution < -0.4 is 11.1 Å². The first-order chi connectivity index (χ1) is 9.77. The van der Waals surface area contributed by atoms with E-state index in [9.17, 15) is 9.59 Å². The van der Waals surface area contributed by atoms with Crippen molar-refractivity contribution in [2.45, 2.75) is 19.9 Å². The van der Waals surface area contributed by atoms with Crippen LogP contribution in [0.4, 0.5) is 11.4 Å². The highest BCUT2D eigenvalue weighted by Gasteiger charge is 2.18. The van der Waals surface area contributed by atoms with Crippen molar-refractivity contribution in [1.82, 2.24) is 9.80 Å². The van der Waals surface area contributed by atoms with Gasteiger partial charge in [-0.05, 0) is 32.0 Å². The molecule has 116 valence electrons. The largest absolute Gasteiger partial charge is 0.397 e. The Bertz CT molecular complexity index is 528. The second kappa shape index (κ2) is 6.97. The number of nitrogens with two attached hydrogens (primary N) is 1. The average Bonchev–Trinajstić information content (AvgIpc) is 2.46. The summed E-state index contributed by atoms with van der Waals surface area (Å²) in [6.07, 6.45) is 0. The van der Waals surface area contributed by atoms with Crippen molar-refractivity contribution in [3.05, 3.63) is 23.8 Å². The van der Waals surface area contributed by atoms with Crippen molar-refractivity contribution in [2.75, 3.05) is 38.7 Å². The summed E-state index contributed by atoms with van der Waals surface area (Å²) < 4.78 is 0. The molecule has 0 fully saturated rings. The lowest BCUT2D eigenvalue weighted by Gasteiger charge is -2.22. The molecule has 2 amide bonds. The fourth-order valence-electron chi connectivity index (χ4n) is 1.85. The van der Waals surface area contributed by atoms with E-state index in [0.717, 1.165) is 0 Å². The zero-order valence-electron chi connectivity index (χ0n) is 13.3. The van der Waals surface area contributed by atoms with Gasteiger partial charge < -0.3 is 20.9 Å². The summed E-state index contributed by atoms with van der Waals surface area (Å²) >= 11 is 0. The van der Waals surface area contributed by atoms with Crippen LogP contribution in [0.25, 0.3) is 0 Å². The maximum absolute atomic E-state index is 12.1. The van der Waals surface area contributed by atoms with Crippen LogP contribution in [0.1, 0.15) is 24.2 Å². The van der Waals surface area contributed by atoms with Gasteiger partial charge in [-0.1, -0.05) is 0 Å². The lowest BCUT2D eigenvalue weighted by Crippen LogP contribution is -2.39. The average molecular weight is 292 g/mol. The van der Waals surface area contributed by atoms with Gasteiger partial charge in [0.25, 0.3) is 5.91 Å². The lowest BCUT2D eigenvalue weighted by atomic mass is 10.1. The van der Waals surface area contributed by atoms with E-state index in [2.05, 4.69) is 5.32 Å². The Hall–Kier alpha value is -2.24. The quantitative estimate of drug-likeness (QED) is 0.801. The standard InChI is InChI=1S/C15H24N4O2/c1-6-19(5)14(20)10(2)17-13-9-11(7-8-12(13)16)15(21)18(3)4/h7-10,17H,6,16H2,1-5H3. The molecule has 1 atom stereocenters. The Morgan fingerprint density at radius 1 is 1.29 bits per heavy atom. The Labute approximate surface area is 125 Å². The molecule has 0 radical (unpaired) electrons. The van der Waals surface area contributed by atoms with E-state index in [1.807, 2.05) is 6.92 Å². The normalized spacial score (nSPS) is 11.7. The van der Waals surface area contributed by atoms with E-state index in [4.69, 9.17) is 5.73 Å². The Morgan fingerprint density at radius 2 is 1.90 bits per heavy atom. The topological polar surface area (TPSA) is 78.7 Å². The minimum absolute atomic E-state index is 0.0266. The zero-order chi connectivity index (χ0) is 16.2. The number of hydrogen-bond donors (Lipinski definition) is 2. The van der Waals surface area contributed by atoms with Crippen molar-refractivity contribution >= 4 is 23.2 Å². The van der Waals surface area contributed by atoms with Crippen LogP contribution in [-0.2, 0) is 4.79 Å². The number of nitrogens with zero attached hydrogens (tertiary/aromatic N) is 2. The molecule has 0 bridgehead atoms. The molecule has 0 heterocycles. The summed E-state index contributed by atoms with van der Waals surface area (Å²) in [7, 11) is 5.12. The molecule has 0 saturated heterocycles. The van der Waals surface area contributed by atoms with Gasteiger partial charge >= 0.3 is 0 Å². The minimum Gasteiger partial charge on any atom is -0.397 e. The number of nitrogens with one attached hydrogen (secondary N) is 1. The molecule has 1 aromatic carbocycles. The van der Waals surface area contributed by atoms with Gasteiger partial charge in [0.15, 0.2) is 0 Å². The fraction of sp³-hybridized carbons (Fsp3) is 0.467. The predicted octanol–water partition coefficient (Wildman–Crippen LogP) is 1.25. The summed E-state index contributed by atoms with van der Waals surface area (Å²) in [6.45, 7) is 4.32. The number of hydrogen-bond acceptors (Lipinski definition) is 4. The molecule has 0 spiro atoms. The van der Waals surface area contributed by atoms with E-state index in [-0.39, 0.29) is 11.8 Å². The van der Waals surface area contributed by atoms with Crippen LogP contribution in [0.15, 0.2) is 18.2 Å². The highest BCUT2D eigenvalue weighted by molar-refractivity contribution is 5.96. The predicted molar refractivity (Wildman–Crippen MR) is 85.3 cm³/mol. The zero-order valence-corrected chi connectivity index (χ0v) is 13.3. The fourth-order valence-corrected chi connectivity index (χ4v) is 1.85. The summed E-state index contributed by atoms with van der Waals surface area (Å²) in [5, 5.41) is 3.07. The molecule has 1 aromatic rings. The first kappa shape index (κ1) is 16.8. The third-order valence-corrected chi connectivity index (χ3v) is 3.30. The van der Waals surface area contributed by atoms with Gasteiger partial charge in [-0.15, -0.1) is 0 Å². The van der Waals surface area contributed by atoms with Crippen molar-refractivity contribution in [2.24, 2.45) is 0 Å². The third-order valence-electron chi connectivity index (χ3n) is 3.30. The number of anilines is 2. The summed E-state index contributed by atoms with van der Waals surface area (Å²) in [5.74, 6) is -0.135. The van der Waals surface area contributed by atoms with Crippen molar-refractivity contribution in [3.8, 4) is 0 Å². The highest BCUT2D eigenvalue weighted by atomic mass is 16.2. The molecule has 6 heteroatoms. The van der Waals surface area contributed by atoms with Crippen LogP contribution in [0.3, 0.4) is 0 Å². The lowest BCUT2D eigenvalue weighted by molar-refractivity contribution is -0.130. The number of rotatable bonds is 5. The van der Waals surface area contributed by atoms with Gasteiger partial charge in [-0.25, -0.2) is 0 Å². The molecular formula is C15H24N4O2. The molecule has 0 aliphatic heterocycles. The van der Waals surface area contributed by atoms with Gasteiger partial charge in [-0.3, -0.25) is 9.59 Å². The van der Waals surface area contributed by atoms with Crippen molar-refractivity contribution < 1.29 is 9.59 Å². The van der Waals surface area contributed by atoms with Crippen LogP contribution in [-0.4, -0.2) is 55.3 Å². The number of benzene rings is 1. The smallest absolute Gasteiger partial charge is 0.253 e. The highest BCUT2D eigenvalue weighted by Crippen LogP contribution is 2.22. The molecule has 1 rings (SSSR count). The van der Waals surface area contributed by atoms with E-state index in [0.29, 0.717) is 23.5 Å². The molecule has 0 aromatic heterocycles. The summed E-state index contributed by atoms with van der Waals surface area (Å²) in [6, 6.07) is 4.60. The Kier molecular flexibility index (Phi) is 5.58. The van der Waals surface area contributed by atoms with Crippen LogP contribution in [0.5, 0.6) is 0 Å². The minimum atomic E-state index is -0.415. The Balaban J connectivity index is 2.95. The Morgan fingerprint density at radius 3 is 2.43 bits per heavy atom. The van der Waals surface area contributed by atoms with Gasteiger partial charge in [0.2, 0.25) is 5.91 Å². The second-order valence-corrected chi connectivity index (χ2v) is 5.22. The molecule has 21 heavy (non-hydrogen) atoms. The summed E-state index contributed by atoms with van der Waals surface area (Å²) in [4.78, 5) is 27.2. The number of carbonyl (C=O) groups excluding carboxylic acids is 2. The van der Waals surface area contributed by atoms with Gasteiger partial charge in [0.1, 0.15) is 6.04 Å². The molecule has 0 aliphatic carbocycles. The number of likely N-dealkylation sites (N-methyl/N-ethyl adjacent to an activating group) is 1. The van der Waals surface area contributed by atoms with Crippen LogP contribution in [0, 0.1) is 0 Å². The van der Waals surface area contributed by atoms with Crippen molar-refractivity contribution in [3.63, 3.8) is 0 Å². The first-order valence-electron chi connectivity index (χ1n) is 6.90. The SMILES string of the molecule is CCN(C)C(=O)C(C)Nc1cc(C(=O)N(C)C)ccc1N. The summed E-state index contributed by atoms with van der Waals surface area (Å²) in [5.41, 5.74) is 7.53. The molecule has 6 nitrogen and oxygen atoms in total. The van der Waals surface area contributed by atoms with Crippen LogP contribution in [0.2, 0.25) is 0 Å². The maximum atomic E-state index is 12.1. The first-order valence-corrected chi connectivity index (χ1v) is 6.90. The molecule has 0 saturated carbocycles. The molecule has 0 aliphatic rings. The number of nitrogen functional groups attached to an aromatic ring is 1. The molecule has 3 N–H and O–H groups in total. The van der Waals surface area contributed by atoms with E-state index in [1.54, 1.807) is 51.2 Å². The molecule has 1 unspecified atom stereocenters. The van der Waals surface area contributed by atoms with Crippen LogP contribution >= 0.6 is 0 Å². The third kappa shape index (κ3) is 4.11. The van der Waals surface area contributed by atoms with Crippen molar-refractivity contribution in [1.29, 1.82) is 0 Å². The van der Waals surface area contributed by atoms with E-state index in [1.165, 1.54) is 4.90 Å². The molecular weight excluding hydrogens is 268 g/mol. The van der Waals surface area contributed by atoms with Gasteiger partial charge in [-0.2, -0.15) is 0 Å². The van der Waals surface area contributed by atoms with Gasteiger partial charge in [0.05, 0.1) is 11.4 Å². The maximum Gasteiger partial charge on any atom is 0.253 e. The number of carbonyl (C=O) groups is 2. The van der Waals surface area contributed by atoms with E-state index >= 15 is 0 Å². The van der Waals surface area contributed by atoms with E-state index < -0.39 is 6.04 Å². The van der Waals surface area contributed by atoms with Gasteiger partial charge in [0, 0.05) is 33.3 Å². The number of amides is 2. The monoisotopic (exact) mass is 292 g/mol.